The maximum atomic E-state index is 13.5. The van der Waals surface area contributed by atoms with Crippen LogP contribution in [-0.4, -0.2) is 116 Å². The number of carbonyl (C=O) groups excluding carboxylic acids is 3. The first-order valence-electron chi connectivity index (χ1n) is 15.0. The molecule has 0 unspecified atom stereocenters. The van der Waals surface area contributed by atoms with Gasteiger partial charge in [-0.2, -0.15) is 22.6 Å². The number of aromatic amines is 1. The maximum Gasteiger partial charge on any atom is 0.435 e. The summed E-state index contributed by atoms with van der Waals surface area (Å²) >= 11 is 6.36. The third-order valence-corrected chi connectivity index (χ3v) is 10.3. The van der Waals surface area contributed by atoms with Gasteiger partial charge in [-0.3, -0.25) is 19.6 Å². The van der Waals surface area contributed by atoms with Crippen molar-refractivity contribution in [3.63, 3.8) is 0 Å². The van der Waals surface area contributed by atoms with Crippen LogP contribution in [-0.2, 0) is 32.8 Å². The molecule has 3 amide bonds. The average molecular weight is 731 g/mol. The molecule has 3 N–H and O–H groups in total. The van der Waals surface area contributed by atoms with E-state index in [2.05, 4.69) is 20.5 Å². The number of halogens is 4. The van der Waals surface area contributed by atoms with Crippen LogP contribution in [0.2, 0.25) is 5.02 Å². The van der Waals surface area contributed by atoms with Crippen molar-refractivity contribution in [2.75, 3.05) is 38.0 Å². The van der Waals surface area contributed by atoms with Crippen molar-refractivity contribution in [3.05, 3.63) is 47.1 Å². The minimum absolute atomic E-state index is 0.0197. The van der Waals surface area contributed by atoms with E-state index in [0.29, 0.717) is 0 Å². The topological polar surface area (TPSA) is 183 Å². The van der Waals surface area contributed by atoms with Crippen LogP contribution in [0.15, 0.2) is 35.5 Å². The number of β-amino-alcohol motifs (C(OH)–C–C–N with tert-alkyl or cyclic N) is 1. The van der Waals surface area contributed by atoms with Crippen LogP contribution >= 0.6 is 11.6 Å². The Hall–Kier alpha value is -4.20. The lowest BCUT2D eigenvalue weighted by atomic mass is 10.1. The zero-order valence-electron chi connectivity index (χ0n) is 26.8. The number of sulfonamides is 1. The number of aliphatic hydroxyl groups is 1. The van der Waals surface area contributed by atoms with Crippen LogP contribution in [0.25, 0.3) is 11.3 Å². The molecule has 5 rings (SSSR count). The Morgan fingerprint density at radius 3 is 2.41 bits per heavy atom. The molecule has 0 aliphatic carbocycles. The van der Waals surface area contributed by atoms with Gasteiger partial charge in [0.15, 0.2) is 11.5 Å². The number of nitrogens with zero attached hydrogens (tertiary/aromatic N) is 6. The van der Waals surface area contributed by atoms with E-state index in [9.17, 15) is 41.1 Å². The van der Waals surface area contributed by atoms with Crippen molar-refractivity contribution < 1.29 is 45.8 Å². The van der Waals surface area contributed by atoms with Crippen LogP contribution < -0.4 is 5.32 Å². The number of hydrogen-bond donors (Lipinski definition) is 3. The number of piperazine rings is 1. The van der Waals surface area contributed by atoms with Crippen molar-refractivity contribution in [1.82, 2.24) is 33.9 Å². The molecular weight excluding hydrogens is 697 g/mol. The summed E-state index contributed by atoms with van der Waals surface area (Å²) in [7, 11) is -2.79. The SMILES string of the molecule is Cn1c(-c2c[nH]nc2C(F)(F)F)cnc1C(=O)Nc1ccc(S(=O)(=O)N2CCN(C(=O)[C@@H]3C[C@@H](O)CN3C(=O)OC(C)(C)C)CC2)c(Cl)c1. The molecule has 15 nitrogen and oxygen atoms in total. The fourth-order valence-corrected chi connectivity index (χ4v) is 7.56. The number of imidazole rings is 1. The summed E-state index contributed by atoms with van der Waals surface area (Å²) in [6, 6.07) is 2.76. The van der Waals surface area contributed by atoms with Gasteiger partial charge in [0.25, 0.3) is 5.91 Å². The van der Waals surface area contributed by atoms with Crippen molar-refractivity contribution >= 4 is 45.2 Å². The zero-order chi connectivity index (χ0) is 36.1. The highest BCUT2D eigenvalue weighted by Gasteiger charge is 2.44. The molecule has 2 atom stereocenters. The highest BCUT2D eigenvalue weighted by Crippen LogP contribution is 2.36. The van der Waals surface area contributed by atoms with Gasteiger partial charge >= 0.3 is 12.3 Å². The molecule has 0 spiro atoms. The molecule has 266 valence electrons. The number of aromatic nitrogens is 4. The molecule has 3 aromatic rings. The summed E-state index contributed by atoms with van der Waals surface area (Å²) in [5, 5.41) is 17.9. The van der Waals surface area contributed by atoms with Crippen molar-refractivity contribution in [2.45, 2.75) is 56.0 Å². The monoisotopic (exact) mass is 730 g/mol. The number of carbonyl (C=O) groups is 3. The van der Waals surface area contributed by atoms with Crippen molar-refractivity contribution in [3.8, 4) is 11.3 Å². The van der Waals surface area contributed by atoms with E-state index >= 15 is 0 Å². The number of likely N-dealkylation sites (tertiary alicyclic amines) is 1. The van der Waals surface area contributed by atoms with Gasteiger partial charge in [-0.1, -0.05) is 11.6 Å². The van der Waals surface area contributed by atoms with Crippen LogP contribution in [0.3, 0.4) is 0 Å². The fraction of sp³-hybridized carbons (Fsp3) is 0.483. The Bertz CT molecular complexity index is 1870. The first-order valence-corrected chi connectivity index (χ1v) is 16.8. The molecule has 2 fully saturated rings. The van der Waals surface area contributed by atoms with Gasteiger partial charge in [-0.15, -0.1) is 0 Å². The molecule has 2 saturated heterocycles. The third-order valence-electron chi connectivity index (χ3n) is 7.93. The Morgan fingerprint density at radius 1 is 1.12 bits per heavy atom. The predicted octanol–water partition coefficient (Wildman–Crippen LogP) is 2.94. The van der Waals surface area contributed by atoms with Crippen LogP contribution in [0.4, 0.5) is 23.7 Å². The molecule has 4 heterocycles. The predicted molar refractivity (Wildman–Crippen MR) is 168 cm³/mol. The number of amides is 3. The Morgan fingerprint density at radius 2 is 1.80 bits per heavy atom. The minimum Gasteiger partial charge on any atom is -0.444 e. The number of ether oxygens (including phenoxy) is 1. The lowest BCUT2D eigenvalue weighted by molar-refractivity contribution is -0.140. The standard InChI is InChI=1S/C29H34ClF3N8O7S/c1-28(2,3)48-27(45)41-15-17(42)12-20(41)26(44)39-7-9-40(10-8-39)49(46,47)22-6-5-16(11-19(22)30)36-25(43)24-34-14-21(38(24)4)18-13-35-37-23(18)29(31,32)33/h5-6,11,13-14,17,20,42H,7-10,12,15H2,1-4H3,(H,35,37)(H,36,43)/t17-,20+/m1/s1. The zero-order valence-corrected chi connectivity index (χ0v) is 28.4. The van der Waals surface area contributed by atoms with E-state index in [1.54, 1.807) is 20.8 Å². The maximum absolute atomic E-state index is 13.5. The fourth-order valence-electron chi connectivity index (χ4n) is 5.62. The molecule has 0 radical (unpaired) electrons. The molecule has 1 aromatic carbocycles. The molecular formula is C29H34ClF3N8O7S. The number of benzene rings is 1. The van der Waals surface area contributed by atoms with E-state index < -0.39 is 57.5 Å². The van der Waals surface area contributed by atoms with Crippen molar-refractivity contribution in [2.24, 2.45) is 7.05 Å². The summed E-state index contributed by atoms with van der Waals surface area (Å²) in [6.45, 7) is 4.90. The number of H-pyrrole nitrogens is 1. The number of aliphatic hydroxyl groups excluding tert-OH is 1. The quantitative estimate of drug-likeness (QED) is 0.343. The highest BCUT2D eigenvalue weighted by molar-refractivity contribution is 7.89. The van der Waals surface area contributed by atoms with E-state index in [-0.39, 0.29) is 71.8 Å². The van der Waals surface area contributed by atoms with Crippen LogP contribution in [0.1, 0.15) is 43.5 Å². The van der Waals surface area contributed by atoms with Crippen LogP contribution in [0.5, 0.6) is 0 Å². The minimum atomic E-state index is -4.74. The molecule has 0 saturated carbocycles. The number of nitrogens with one attached hydrogen (secondary N) is 2. The van der Waals surface area contributed by atoms with E-state index in [1.165, 1.54) is 35.0 Å². The van der Waals surface area contributed by atoms with Gasteiger partial charge in [0.2, 0.25) is 15.9 Å². The largest absolute Gasteiger partial charge is 0.444 e. The van der Waals surface area contributed by atoms with Gasteiger partial charge in [0, 0.05) is 51.5 Å². The van der Waals surface area contributed by atoms with E-state index in [0.717, 1.165) is 21.3 Å². The molecule has 2 aromatic heterocycles. The number of alkyl halides is 3. The molecule has 0 bridgehead atoms. The van der Waals surface area contributed by atoms with Gasteiger partial charge in [0.05, 0.1) is 35.1 Å². The first kappa shape index (κ1) is 36.1. The Labute approximate surface area is 284 Å². The van der Waals surface area contributed by atoms with E-state index in [4.69, 9.17) is 16.3 Å². The highest BCUT2D eigenvalue weighted by atomic mass is 35.5. The summed E-state index contributed by atoms with van der Waals surface area (Å²) in [5.74, 6) is -1.45. The summed E-state index contributed by atoms with van der Waals surface area (Å²) < 4.78 is 74.7. The van der Waals surface area contributed by atoms with E-state index in [1.807, 2.05) is 0 Å². The number of rotatable bonds is 6. The molecule has 2 aliphatic heterocycles. The number of hydrogen-bond acceptors (Lipinski definition) is 9. The summed E-state index contributed by atoms with van der Waals surface area (Å²) in [6.07, 6.45) is -4.21. The molecule has 20 heteroatoms. The Kier molecular flexibility index (Phi) is 9.76. The lowest BCUT2D eigenvalue weighted by Crippen LogP contribution is -2.55. The average Bonchev–Trinajstić information content (AvgIpc) is 3.74. The second-order valence-corrected chi connectivity index (χ2v) is 14.9. The second kappa shape index (κ2) is 13.3. The lowest BCUT2D eigenvalue weighted by Gasteiger charge is -2.37. The second-order valence-electron chi connectivity index (χ2n) is 12.5. The number of anilines is 1. The van der Waals surface area contributed by atoms with Gasteiger partial charge in [-0.05, 0) is 39.0 Å². The van der Waals surface area contributed by atoms with Crippen molar-refractivity contribution in [1.29, 1.82) is 0 Å². The summed E-state index contributed by atoms with van der Waals surface area (Å²) in [4.78, 5) is 45.3. The Balaban J connectivity index is 1.23. The summed E-state index contributed by atoms with van der Waals surface area (Å²) in [5.41, 5.74) is -2.20. The first-order chi connectivity index (χ1) is 22.8. The van der Waals surface area contributed by atoms with Gasteiger partial charge < -0.3 is 24.6 Å². The smallest absolute Gasteiger partial charge is 0.435 e. The van der Waals surface area contributed by atoms with Gasteiger partial charge in [-0.25, -0.2) is 18.2 Å². The van der Waals surface area contributed by atoms with Crippen LogP contribution in [0, 0.1) is 0 Å². The molecule has 2 aliphatic rings. The normalized spacial score (nSPS) is 19.3. The third kappa shape index (κ3) is 7.53. The molecule has 49 heavy (non-hydrogen) atoms. The van der Waals surface area contributed by atoms with Gasteiger partial charge in [0.1, 0.15) is 16.5 Å².